The summed E-state index contributed by atoms with van der Waals surface area (Å²) in [5, 5.41) is 21.8. The van der Waals surface area contributed by atoms with Gasteiger partial charge in [0.05, 0.1) is 19.8 Å². The SMILES string of the molecule is COc1ccc(C(NC(=O)OCc2ccccc2)C(O)CO)cc1. The second kappa shape index (κ2) is 8.90. The van der Waals surface area contributed by atoms with E-state index in [9.17, 15) is 15.0 Å². The molecular formula is C18H21NO5. The van der Waals surface area contributed by atoms with Gasteiger partial charge in [-0.25, -0.2) is 4.79 Å². The fourth-order valence-electron chi connectivity index (χ4n) is 2.21. The van der Waals surface area contributed by atoms with Gasteiger partial charge < -0.3 is 25.0 Å². The molecule has 6 heteroatoms. The number of hydrogen-bond acceptors (Lipinski definition) is 5. The average Bonchev–Trinajstić information content (AvgIpc) is 2.65. The van der Waals surface area contributed by atoms with Crippen molar-refractivity contribution in [2.45, 2.75) is 18.8 Å². The number of ether oxygens (including phenoxy) is 2. The number of rotatable bonds is 7. The first-order valence-electron chi connectivity index (χ1n) is 7.54. The summed E-state index contributed by atoms with van der Waals surface area (Å²) in [6, 6.07) is 15.3. The first-order valence-corrected chi connectivity index (χ1v) is 7.54. The molecule has 2 aromatic carbocycles. The predicted molar refractivity (Wildman–Crippen MR) is 88.6 cm³/mol. The zero-order chi connectivity index (χ0) is 17.4. The molecule has 2 aromatic rings. The van der Waals surface area contributed by atoms with E-state index in [-0.39, 0.29) is 6.61 Å². The van der Waals surface area contributed by atoms with Crippen molar-refractivity contribution in [1.82, 2.24) is 5.32 Å². The van der Waals surface area contributed by atoms with Crippen molar-refractivity contribution < 1.29 is 24.5 Å². The normalized spacial score (nSPS) is 13.0. The summed E-state index contributed by atoms with van der Waals surface area (Å²) in [7, 11) is 1.55. The average molecular weight is 331 g/mol. The standard InChI is InChI=1S/C18H21NO5/c1-23-15-9-7-14(8-10-15)17(16(21)11-20)19-18(22)24-12-13-5-3-2-4-6-13/h2-10,16-17,20-21H,11-12H2,1H3,(H,19,22). The Bertz CT molecular complexity index is 630. The maximum atomic E-state index is 12.0. The van der Waals surface area contributed by atoms with E-state index in [2.05, 4.69) is 5.32 Å². The number of aliphatic hydroxyl groups is 2. The molecule has 0 bridgehead atoms. The molecule has 2 unspecified atom stereocenters. The molecule has 0 aromatic heterocycles. The molecule has 0 spiro atoms. The van der Waals surface area contributed by atoms with Gasteiger partial charge in [0, 0.05) is 0 Å². The summed E-state index contributed by atoms with van der Waals surface area (Å²) in [5.74, 6) is 0.655. The Morgan fingerprint density at radius 1 is 1.12 bits per heavy atom. The van der Waals surface area contributed by atoms with Gasteiger partial charge in [-0.15, -0.1) is 0 Å². The lowest BCUT2D eigenvalue weighted by molar-refractivity contribution is 0.0571. The van der Waals surface area contributed by atoms with E-state index in [1.54, 1.807) is 31.4 Å². The van der Waals surface area contributed by atoms with Gasteiger partial charge >= 0.3 is 6.09 Å². The highest BCUT2D eigenvalue weighted by atomic mass is 16.5. The number of hydrogen-bond donors (Lipinski definition) is 3. The monoisotopic (exact) mass is 331 g/mol. The molecule has 0 saturated carbocycles. The molecule has 1 amide bonds. The molecule has 2 rings (SSSR count). The largest absolute Gasteiger partial charge is 0.497 e. The molecule has 6 nitrogen and oxygen atoms in total. The topological polar surface area (TPSA) is 88.0 Å². The van der Waals surface area contributed by atoms with Crippen LogP contribution >= 0.6 is 0 Å². The van der Waals surface area contributed by atoms with E-state index in [1.165, 1.54) is 0 Å². The third-order valence-electron chi connectivity index (χ3n) is 3.53. The lowest BCUT2D eigenvalue weighted by Crippen LogP contribution is -2.38. The Balaban J connectivity index is 2.00. The number of carbonyl (C=O) groups excluding carboxylic acids is 1. The quantitative estimate of drug-likeness (QED) is 0.722. The molecule has 0 aliphatic rings. The number of amides is 1. The molecule has 0 aliphatic carbocycles. The highest BCUT2D eigenvalue weighted by Crippen LogP contribution is 2.20. The van der Waals surface area contributed by atoms with Crippen LogP contribution in [-0.2, 0) is 11.3 Å². The highest BCUT2D eigenvalue weighted by Gasteiger charge is 2.23. The highest BCUT2D eigenvalue weighted by molar-refractivity contribution is 5.68. The smallest absolute Gasteiger partial charge is 0.408 e. The molecular weight excluding hydrogens is 310 g/mol. The molecule has 0 heterocycles. The second-order valence-corrected chi connectivity index (χ2v) is 5.21. The van der Waals surface area contributed by atoms with E-state index in [1.807, 2.05) is 30.3 Å². The fraction of sp³-hybridized carbons (Fsp3) is 0.278. The summed E-state index contributed by atoms with van der Waals surface area (Å²) in [6.45, 7) is -0.368. The lowest BCUT2D eigenvalue weighted by atomic mass is 10.0. The number of benzene rings is 2. The molecule has 2 atom stereocenters. The Morgan fingerprint density at radius 3 is 2.38 bits per heavy atom. The fourth-order valence-corrected chi connectivity index (χ4v) is 2.21. The first kappa shape index (κ1) is 17.8. The zero-order valence-corrected chi connectivity index (χ0v) is 13.4. The van der Waals surface area contributed by atoms with Crippen molar-refractivity contribution in [3.8, 4) is 5.75 Å². The Labute approximate surface area is 140 Å². The minimum atomic E-state index is -1.15. The van der Waals surface area contributed by atoms with Gasteiger partial charge in [0.25, 0.3) is 0 Å². The van der Waals surface area contributed by atoms with Crippen LogP contribution in [0.2, 0.25) is 0 Å². The summed E-state index contributed by atoms with van der Waals surface area (Å²) in [5.41, 5.74) is 1.49. The van der Waals surface area contributed by atoms with Crippen LogP contribution in [0, 0.1) is 0 Å². The van der Waals surface area contributed by atoms with Crippen LogP contribution in [0.4, 0.5) is 4.79 Å². The van der Waals surface area contributed by atoms with Crippen LogP contribution in [-0.4, -0.2) is 36.1 Å². The number of nitrogens with one attached hydrogen (secondary N) is 1. The number of methoxy groups -OCH3 is 1. The zero-order valence-electron chi connectivity index (χ0n) is 13.4. The summed E-state index contributed by atoms with van der Waals surface area (Å²) >= 11 is 0. The third kappa shape index (κ3) is 4.97. The van der Waals surface area contributed by atoms with Gasteiger partial charge in [-0.1, -0.05) is 42.5 Å². The van der Waals surface area contributed by atoms with Gasteiger partial charge in [0.15, 0.2) is 0 Å². The summed E-state index contributed by atoms with van der Waals surface area (Å²) in [6.07, 6.45) is -1.82. The Morgan fingerprint density at radius 2 is 1.79 bits per heavy atom. The van der Waals surface area contributed by atoms with Gasteiger partial charge in [-0.3, -0.25) is 0 Å². The van der Waals surface area contributed by atoms with Crippen molar-refractivity contribution in [3.63, 3.8) is 0 Å². The van der Waals surface area contributed by atoms with E-state index in [0.717, 1.165) is 5.56 Å². The summed E-state index contributed by atoms with van der Waals surface area (Å²) in [4.78, 5) is 12.0. The molecule has 0 saturated heterocycles. The van der Waals surface area contributed by atoms with Crippen LogP contribution in [0.25, 0.3) is 0 Å². The number of alkyl carbamates (subject to hydrolysis) is 1. The molecule has 128 valence electrons. The molecule has 0 radical (unpaired) electrons. The molecule has 24 heavy (non-hydrogen) atoms. The first-order chi connectivity index (χ1) is 11.6. The van der Waals surface area contributed by atoms with Crippen LogP contribution < -0.4 is 10.1 Å². The maximum absolute atomic E-state index is 12.0. The van der Waals surface area contributed by atoms with Crippen molar-refractivity contribution in [1.29, 1.82) is 0 Å². The van der Waals surface area contributed by atoms with Crippen molar-refractivity contribution in [2.24, 2.45) is 0 Å². The molecule has 3 N–H and O–H groups in total. The van der Waals surface area contributed by atoms with E-state index >= 15 is 0 Å². The lowest BCUT2D eigenvalue weighted by Gasteiger charge is -2.23. The van der Waals surface area contributed by atoms with E-state index < -0.39 is 24.8 Å². The van der Waals surface area contributed by atoms with Gasteiger partial charge in [0.2, 0.25) is 0 Å². The van der Waals surface area contributed by atoms with Gasteiger partial charge in [0.1, 0.15) is 18.5 Å². The Kier molecular flexibility index (Phi) is 6.60. The van der Waals surface area contributed by atoms with Crippen molar-refractivity contribution in [3.05, 3.63) is 65.7 Å². The molecule has 0 fully saturated rings. The van der Waals surface area contributed by atoms with E-state index in [0.29, 0.717) is 11.3 Å². The summed E-state index contributed by atoms with van der Waals surface area (Å²) < 4.78 is 10.2. The van der Waals surface area contributed by atoms with Gasteiger partial charge in [-0.2, -0.15) is 0 Å². The minimum absolute atomic E-state index is 0.122. The number of carbonyl (C=O) groups is 1. The second-order valence-electron chi connectivity index (χ2n) is 5.21. The maximum Gasteiger partial charge on any atom is 0.408 e. The van der Waals surface area contributed by atoms with Crippen molar-refractivity contribution >= 4 is 6.09 Å². The Hall–Kier alpha value is -2.57. The van der Waals surface area contributed by atoms with Crippen LogP contribution in [0.15, 0.2) is 54.6 Å². The number of aliphatic hydroxyl groups excluding tert-OH is 2. The van der Waals surface area contributed by atoms with Crippen molar-refractivity contribution in [2.75, 3.05) is 13.7 Å². The van der Waals surface area contributed by atoms with E-state index in [4.69, 9.17) is 9.47 Å². The predicted octanol–water partition coefficient (Wildman–Crippen LogP) is 2.02. The third-order valence-corrected chi connectivity index (χ3v) is 3.53. The van der Waals surface area contributed by atoms with Crippen LogP contribution in [0.1, 0.15) is 17.2 Å². The molecule has 0 aliphatic heterocycles. The van der Waals surface area contributed by atoms with Crippen LogP contribution in [0.3, 0.4) is 0 Å². The van der Waals surface area contributed by atoms with Crippen LogP contribution in [0.5, 0.6) is 5.75 Å². The minimum Gasteiger partial charge on any atom is -0.497 e. The van der Waals surface area contributed by atoms with Gasteiger partial charge in [-0.05, 0) is 23.3 Å².